The lowest BCUT2D eigenvalue weighted by molar-refractivity contribution is 1.04. The van der Waals surface area contributed by atoms with Crippen molar-refractivity contribution in [1.29, 1.82) is 0 Å². The summed E-state index contributed by atoms with van der Waals surface area (Å²) in [5, 5.41) is 0. The van der Waals surface area contributed by atoms with Gasteiger partial charge >= 0.3 is 0 Å². The fourth-order valence-corrected chi connectivity index (χ4v) is 1.70. The molecule has 0 bridgehead atoms. The van der Waals surface area contributed by atoms with Gasteiger partial charge in [0.05, 0.1) is 0 Å². The van der Waals surface area contributed by atoms with E-state index in [9.17, 15) is 0 Å². The first kappa shape index (κ1) is 13.7. The summed E-state index contributed by atoms with van der Waals surface area (Å²) in [6.45, 7) is 5.58. The maximum Gasteiger partial charge on any atom is 0.139 e. The van der Waals surface area contributed by atoms with E-state index >= 15 is 0 Å². The first-order valence-electron chi connectivity index (χ1n) is 6.28. The molecule has 4 nitrogen and oxygen atoms in total. The van der Waals surface area contributed by atoms with Crippen molar-refractivity contribution in [1.82, 2.24) is 9.97 Å². The van der Waals surface area contributed by atoms with Crippen LogP contribution in [0.15, 0.2) is 77.8 Å². The van der Waals surface area contributed by atoms with Gasteiger partial charge in [0.1, 0.15) is 17.5 Å². The average Bonchev–Trinajstić information content (AvgIpc) is 2.53. The number of anilines is 2. The second-order valence-electron chi connectivity index (χ2n) is 3.92. The van der Waals surface area contributed by atoms with E-state index in [0.29, 0.717) is 5.82 Å². The molecule has 0 atom stereocenters. The lowest BCUT2D eigenvalue weighted by atomic mass is 10.3. The third kappa shape index (κ3) is 3.17. The molecule has 0 saturated heterocycles. The van der Waals surface area contributed by atoms with Gasteiger partial charge in [-0.05, 0) is 44.0 Å². The molecule has 0 aliphatic heterocycles. The Hall–Kier alpha value is -2.75. The van der Waals surface area contributed by atoms with E-state index in [-0.39, 0.29) is 0 Å². The molecule has 0 amide bonds. The van der Waals surface area contributed by atoms with Gasteiger partial charge in [-0.1, -0.05) is 24.3 Å². The third-order valence-corrected chi connectivity index (χ3v) is 2.59. The van der Waals surface area contributed by atoms with Crippen LogP contribution in [0, 0.1) is 0 Å². The Bertz CT molecular complexity index is 563. The maximum atomic E-state index is 4.37. The zero-order chi connectivity index (χ0) is 14.2. The van der Waals surface area contributed by atoms with E-state index in [4.69, 9.17) is 0 Å². The topological polar surface area (TPSA) is 41.4 Å². The third-order valence-electron chi connectivity index (χ3n) is 2.59. The minimum atomic E-state index is 0.667. The summed E-state index contributed by atoms with van der Waals surface area (Å²) in [5.41, 5.74) is 0. The first-order valence-corrected chi connectivity index (χ1v) is 6.28. The normalized spacial score (nSPS) is 11.6. The number of rotatable bonds is 5. The van der Waals surface area contributed by atoms with E-state index in [0.717, 1.165) is 11.6 Å². The van der Waals surface area contributed by atoms with Crippen molar-refractivity contribution in [2.75, 3.05) is 4.90 Å². The van der Waals surface area contributed by atoms with Crippen molar-refractivity contribution >= 4 is 18.4 Å². The van der Waals surface area contributed by atoms with E-state index in [1.807, 2.05) is 66.4 Å². The van der Waals surface area contributed by atoms with Gasteiger partial charge in [-0.15, -0.1) is 0 Å². The molecule has 0 aromatic carbocycles. The minimum Gasteiger partial charge on any atom is -0.262 e. The monoisotopic (exact) mass is 264 g/mol. The summed E-state index contributed by atoms with van der Waals surface area (Å²) < 4.78 is 0. The van der Waals surface area contributed by atoms with Crippen molar-refractivity contribution in [2.45, 2.75) is 6.92 Å². The van der Waals surface area contributed by atoms with E-state index in [2.05, 4.69) is 21.7 Å². The van der Waals surface area contributed by atoms with Crippen LogP contribution in [0.1, 0.15) is 6.92 Å². The standard InChI is InChI=1S/C16H16N4/c1-3-4-9-14(17-2)20(15-10-5-7-12-18-15)16-11-6-8-13-19-16/h3-13H,2H2,1H3/b4-3-,14-9+. The SMILES string of the molecule is C=N/C(=C\C=C/C)N(c1ccccn1)c1ccccn1. The second-order valence-corrected chi connectivity index (χ2v) is 3.92. The highest BCUT2D eigenvalue weighted by molar-refractivity contribution is 5.62. The first-order chi connectivity index (χ1) is 9.86. The Labute approximate surface area is 118 Å². The van der Waals surface area contributed by atoms with E-state index in [1.165, 1.54) is 0 Å². The van der Waals surface area contributed by atoms with Crippen LogP contribution in [0.5, 0.6) is 0 Å². The van der Waals surface area contributed by atoms with Crippen molar-refractivity contribution in [3.05, 3.63) is 72.8 Å². The van der Waals surface area contributed by atoms with E-state index < -0.39 is 0 Å². The highest BCUT2D eigenvalue weighted by Gasteiger charge is 2.14. The molecule has 2 aromatic rings. The van der Waals surface area contributed by atoms with Crippen LogP contribution in [-0.4, -0.2) is 16.7 Å². The largest absolute Gasteiger partial charge is 0.262 e. The molecule has 0 N–H and O–H groups in total. The maximum absolute atomic E-state index is 4.37. The lowest BCUT2D eigenvalue weighted by Gasteiger charge is -2.22. The number of pyridine rings is 2. The molecular formula is C16H16N4. The van der Waals surface area contributed by atoms with Gasteiger partial charge in [-0.3, -0.25) is 4.90 Å². The second kappa shape index (κ2) is 6.99. The van der Waals surface area contributed by atoms with Gasteiger partial charge in [0, 0.05) is 12.4 Å². The van der Waals surface area contributed by atoms with E-state index in [1.54, 1.807) is 12.4 Å². The molecule has 20 heavy (non-hydrogen) atoms. The zero-order valence-electron chi connectivity index (χ0n) is 11.3. The van der Waals surface area contributed by atoms with Crippen molar-refractivity contribution in [2.24, 2.45) is 4.99 Å². The van der Waals surface area contributed by atoms with Gasteiger partial charge < -0.3 is 0 Å². The average molecular weight is 264 g/mol. The molecule has 0 fully saturated rings. The number of hydrogen-bond acceptors (Lipinski definition) is 4. The van der Waals surface area contributed by atoms with Gasteiger partial charge in [-0.2, -0.15) is 0 Å². The zero-order valence-corrected chi connectivity index (χ0v) is 11.3. The molecule has 2 heterocycles. The molecule has 100 valence electrons. The minimum absolute atomic E-state index is 0.667. The number of aliphatic imine (C=N–C) groups is 1. The molecule has 2 rings (SSSR count). The highest BCUT2D eigenvalue weighted by atomic mass is 15.3. The van der Waals surface area contributed by atoms with Crippen LogP contribution in [-0.2, 0) is 0 Å². The van der Waals surface area contributed by atoms with Crippen LogP contribution in [0.2, 0.25) is 0 Å². The molecular weight excluding hydrogens is 248 g/mol. The molecule has 0 radical (unpaired) electrons. The Morgan fingerprint density at radius 2 is 1.70 bits per heavy atom. The van der Waals surface area contributed by atoms with Gasteiger partial charge in [0.2, 0.25) is 0 Å². The van der Waals surface area contributed by atoms with Crippen LogP contribution in [0.4, 0.5) is 11.6 Å². The fraction of sp³-hybridized carbons (Fsp3) is 0.0625. The molecule has 0 spiro atoms. The Balaban J connectivity index is 2.52. The van der Waals surface area contributed by atoms with Crippen LogP contribution in [0.25, 0.3) is 0 Å². The summed E-state index contributed by atoms with van der Waals surface area (Å²) in [6.07, 6.45) is 9.18. The smallest absolute Gasteiger partial charge is 0.139 e. The van der Waals surface area contributed by atoms with Crippen LogP contribution >= 0.6 is 0 Å². The van der Waals surface area contributed by atoms with Crippen molar-refractivity contribution < 1.29 is 0 Å². The van der Waals surface area contributed by atoms with Crippen LogP contribution < -0.4 is 4.90 Å². The summed E-state index contributed by atoms with van der Waals surface area (Å²) in [5.74, 6) is 2.16. The van der Waals surface area contributed by atoms with Crippen molar-refractivity contribution in [3.8, 4) is 0 Å². The quantitative estimate of drug-likeness (QED) is 0.610. The molecule has 0 aliphatic carbocycles. The molecule has 0 aliphatic rings. The Kier molecular flexibility index (Phi) is 4.78. The highest BCUT2D eigenvalue weighted by Crippen LogP contribution is 2.26. The summed E-state index contributed by atoms with van der Waals surface area (Å²) in [7, 11) is 0. The number of nitrogens with zero attached hydrogens (tertiary/aromatic N) is 4. The number of hydrogen-bond donors (Lipinski definition) is 0. The number of aromatic nitrogens is 2. The van der Waals surface area contributed by atoms with Crippen molar-refractivity contribution in [3.63, 3.8) is 0 Å². The predicted molar refractivity (Wildman–Crippen MR) is 83.1 cm³/mol. The van der Waals surface area contributed by atoms with Crippen LogP contribution in [0.3, 0.4) is 0 Å². The predicted octanol–water partition coefficient (Wildman–Crippen LogP) is 3.73. The molecule has 0 saturated carbocycles. The van der Waals surface area contributed by atoms with Gasteiger partial charge in [0.25, 0.3) is 0 Å². The fourth-order valence-electron chi connectivity index (χ4n) is 1.70. The Morgan fingerprint density at radius 1 is 1.10 bits per heavy atom. The van der Waals surface area contributed by atoms with Gasteiger partial charge in [0.15, 0.2) is 0 Å². The molecule has 2 aromatic heterocycles. The Morgan fingerprint density at radius 3 is 2.10 bits per heavy atom. The summed E-state index contributed by atoms with van der Waals surface area (Å²) in [6, 6.07) is 11.4. The molecule has 0 unspecified atom stereocenters. The lowest BCUT2D eigenvalue weighted by Crippen LogP contribution is -2.17. The molecule has 4 heteroatoms. The summed E-state index contributed by atoms with van der Waals surface area (Å²) in [4.78, 5) is 14.7. The number of allylic oxidation sites excluding steroid dienone is 3. The van der Waals surface area contributed by atoms with Gasteiger partial charge in [-0.25, -0.2) is 15.0 Å². The summed E-state index contributed by atoms with van der Waals surface area (Å²) >= 11 is 0.